The summed E-state index contributed by atoms with van der Waals surface area (Å²) in [5.41, 5.74) is 0. The maximum Gasteiger partial charge on any atom is 0.102 e. The topological polar surface area (TPSA) is 65.0 Å². The molecule has 5 heteroatoms. The summed E-state index contributed by atoms with van der Waals surface area (Å²) in [5.74, 6) is 0. The molecule has 0 aliphatic heterocycles. The second-order valence-electron chi connectivity index (χ2n) is 2.20. The van der Waals surface area contributed by atoms with E-state index in [0.717, 1.165) is 13.0 Å². The van der Waals surface area contributed by atoms with Gasteiger partial charge in [0, 0.05) is 12.8 Å². The van der Waals surface area contributed by atoms with E-state index in [1.54, 1.807) is 0 Å². The van der Waals surface area contributed by atoms with E-state index in [0.29, 0.717) is 6.54 Å². The van der Waals surface area contributed by atoms with Crippen LogP contribution in [0.25, 0.3) is 0 Å². The van der Waals surface area contributed by atoms with E-state index in [4.69, 9.17) is 4.78 Å². The first kappa shape index (κ1) is 9.87. The summed E-state index contributed by atoms with van der Waals surface area (Å²) in [6, 6.07) is 0. The van der Waals surface area contributed by atoms with Crippen molar-refractivity contribution < 1.29 is 4.21 Å². The summed E-state index contributed by atoms with van der Waals surface area (Å²) in [6.45, 7) is 1.53. The van der Waals surface area contributed by atoms with Gasteiger partial charge in [-0.15, -0.1) is 0 Å². The second-order valence-corrected chi connectivity index (χ2v) is 4.17. The molecule has 0 amide bonds. The van der Waals surface area contributed by atoms with Crippen molar-refractivity contribution in [1.29, 1.82) is 4.78 Å². The zero-order valence-corrected chi connectivity index (χ0v) is 7.25. The molecule has 1 unspecified atom stereocenters. The molecule has 3 N–H and O–H groups in total. The highest BCUT2D eigenvalue weighted by molar-refractivity contribution is 7.89. The highest BCUT2D eigenvalue weighted by Crippen LogP contribution is 1.77. The van der Waals surface area contributed by atoms with Gasteiger partial charge in [-0.25, -0.2) is 13.7 Å². The van der Waals surface area contributed by atoms with Gasteiger partial charge in [0.1, 0.15) is 9.92 Å². The smallest absolute Gasteiger partial charge is 0.102 e. The Morgan fingerprint density at radius 2 is 2.10 bits per heavy atom. The molecule has 0 fully saturated rings. The molecule has 0 rings (SSSR count). The van der Waals surface area contributed by atoms with E-state index in [2.05, 4.69) is 10.0 Å². The Morgan fingerprint density at radius 1 is 1.50 bits per heavy atom. The van der Waals surface area contributed by atoms with E-state index in [-0.39, 0.29) is 0 Å². The van der Waals surface area contributed by atoms with Gasteiger partial charge >= 0.3 is 0 Å². The van der Waals surface area contributed by atoms with Gasteiger partial charge in [0.15, 0.2) is 0 Å². The molecule has 4 nitrogen and oxygen atoms in total. The molecule has 0 saturated heterocycles. The quantitative estimate of drug-likeness (QED) is 0.493. The summed E-state index contributed by atoms with van der Waals surface area (Å²) in [5, 5.41) is 2.96. The largest absolute Gasteiger partial charge is 0.320 e. The summed E-state index contributed by atoms with van der Waals surface area (Å²) in [7, 11) is -0.617. The molecule has 0 bridgehead atoms. The van der Waals surface area contributed by atoms with Crippen LogP contribution in [0.15, 0.2) is 0 Å². The minimum absolute atomic E-state index is 0.639. The molecule has 0 aromatic heterocycles. The van der Waals surface area contributed by atoms with Gasteiger partial charge in [0.25, 0.3) is 0 Å². The van der Waals surface area contributed by atoms with Crippen LogP contribution in [0.2, 0.25) is 0 Å². The Hall–Kier alpha value is -0.130. The Balaban J connectivity index is 3.21. The van der Waals surface area contributed by atoms with Crippen molar-refractivity contribution in [3.05, 3.63) is 0 Å². The lowest BCUT2D eigenvalue weighted by Crippen LogP contribution is -2.24. The predicted molar refractivity (Wildman–Crippen MR) is 43.3 cm³/mol. The summed E-state index contributed by atoms with van der Waals surface area (Å²) < 4.78 is 20.3. The highest BCUT2D eigenvalue weighted by Gasteiger charge is 1.92. The Kier molecular flexibility index (Phi) is 4.59. The molecule has 62 valence electrons. The summed E-state index contributed by atoms with van der Waals surface area (Å²) in [6.07, 6.45) is 2.28. The van der Waals surface area contributed by atoms with Gasteiger partial charge in [0.05, 0.1) is 0 Å². The maximum atomic E-state index is 10.7. The Labute approximate surface area is 62.5 Å². The van der Waals surface area contributed by atoms with Crippen LogP contribution in [0.4, 0.5) is 0 Å². The van der Waals surface area contributed by atoms with Crippen LogP contribution >= 0.6 is 0 Å². The third-order valence-corrected chi connectivity index (χ3v) is 1.74. The van der Waals surface area contributed by atoms with Crippen LogP contribution in [-0.4, -0.2) is 30.6 Å². The summed E-state index contributed by atoms with van der Waals surface area (Å²) >= 11 is 0. The van der Waals surface area contributed by atoms with E-state index in [9.17, 15) is 4.21 Å². The van der Waals surface area contributed by atoms with E-state index < -0.39 is 9.92 Å². The molecule has 0 radical (unpaired) electrons. The average Bonchev–Trinajstić information content (AvgIpc) is 1.78. The first-order valence-corrected chi connectivity index (χ1v) is 5.16. The number of hydrogen-bond acceptors (Lipinski definition) is 3. The highest BCUT2D eigenvalue weighted by atomic mass is 32.2. The van der Waals surface area contributed by atoms with Crippen LogP contribution in [-0.2, 0) is 9.92 Å². The first-order chi connectivity index (χ1) is 4.56. The first-order valence-electron chi connectivity index (χ1n) is 3.19. The zero-order valence-electron chi connectivity index (χ0n) is 6.44. The molecule has 0 heterocycles. The van der Waals surface area contributed by atoms with E-state index in [1.807, 2.05) is 7.05 Å². The molecule has 0 aliphatic rings. The minimum atomic E-state index is -2.48. The molecular weight excluding hydrogens is 150 g/mol. The van der Waals surface area contributed by atoms with Crippen molar-refractivity contribution in [2.75, 3.05) is 26.4 Å². The maximum absolute atomic E-state index is 10.7. The number of rotatable bonds is 5. The van der Waals surface area contributed by atoms with Crippen molar-refractivity contribution in [1.82, 2.24) is 10.0 Å². The lowest BCUT2D eigenvalue weighted by Gasteiger charge is -2.02. The van der Waals surface area contributed by atoms with Crippen LogP contribution in [0.1, 0.15) is 6.42 Å². The van der Waals surface area contributed by atoms with Crippen molar-refractivity contribution >= 4 is 9.92 Å². The van der Waals surface area contributed by atoms with E-state index >= 15 is 0 Å². The molecule has 0 aliphatic carbocycles. The molecule has 0 spiro atoms. The fraction of sp³-hybridized carbons (Fsp3) is 1.00. The third kappa shape index (κ3) is 7.87. The van der Waals surface area contributed by atoms with Crippen molar-refractivity contribution in [3.63, 3.8) is 0 Å². The predicted octanol–water partition coefficient (Wildman–Crippen LogP) is -0.223. The normalized spacial score (nSPS) is 16.6. The molecule has 0 aromatic carbocycles. The lowest BCUT2D eigenvalue weighted by molar-refractivity contribution is 0.655. The number of nitrogens with one attached hydrogen (secondary N) is 3. The van der Waals surface area contributed by atoms with Gasteiger partial charge in [-0.3, -0.25) is 0 Å². The van der Waals surface area contributed by atoms with E-state index in [1.165, 1.54) is 6.26 Å². The summed E-state index contributed by atoms with van der Waals surface area (Å²) in [4.78, 5) is 0. The monoisotopic (exact) mass is 165 g/mol. The average molecular weight is 165 g/mol. The van der Waals surface area contributed by atoms with Gasteiger partial charge in [-0.05, 0) is 20.0 Å². The van der Waals surface area contributed by atoms with Gasteiger partial charge in [0.2, 0.25) is 0 Å². The molecule has 0 saturated carbocycles. The minimum Gasteiger partial charge on any atom is -0.320 e. The third-order valence-electron chi connectivity index (χ3n) is 0.981. The Bertz CT molecular complexity index is 164. The van der Waals surface area contributed by atoms with Crippen LogP contribution in [0.3, 0.4) is 0 Å². The van der Waals surface area contributed by atoms with Crippen LogP contribution in [0, 0.1) is 4.78 Å². The lowest BCUT2D eigenvalue weighted by atomic mass is 10.4. The Morgan fingerprint density at radius 3 is 2.50 bits per heavy atom. The van der Waals surface area contributed by atoms with Gasteiger partial charge < -0.3 is 5.32 Å². The second kappa shape index (κ2) is 4.65. The van der Waals surface area contributed by atoms with Crippen molar-refractivity contribution in [2.24, 2.45) is 0 Å². The van der Waals surface area contributed by atoms with Gasteiger partial charge in [-0.1, -0.05) is 0 Å². The van der Waals surface area contributed by atoms with Crippen LogP contribution < -0.4 is 10.0 Å². The standard InChI is InChI=1S/C5H15N3OS/c1-7-4-3-5-8-10(2,6)9/h7H,3-5H2,1-2H3,(H2,6,8,9). The molecular formula is C5H15N3OS. The molecule has 10 heavy (non-hydrogen) atoms. The van der Waals surface area contributed by atoms with Crippen molar-refractivity contribution in [3.8, 4) is 0 Å². The SMILES string of the molecule is CNCCCNS(C)(=N)=O. The van der Waals surface area contributed by atoms with Gasteiger partial charge in [-0.2, -0.15) is 0 Å². The fourth-order valence-electron chi connectivity index (χ4n) is 0.532. The number of hydrogen-bond donors (Lipinski definition) is 3. The fourth-order valence-corrected chi connectivity index (χ4v) is 1.07. The van der Waals surface area contributed by atoms with Crippen LogP contribution in [0.5, 0.6) is 0 Å². The molecule has 1 atom stereocenters. The van der Waals surface area contributed by atoms with Crippen molar-refractivity contribution in [2.45, 2.75) is 6.42 Å². The molecule has 0 aromatic rings. The zero-order chi connectivity index (χ0) is 8.04.